The first kappa shape index (κ1) is 20.2. The molecule has 3 aromatic carbocycles. The first-order chi connectivity index (χ1) is 13.5. The third kappa shape index (κ3) is 4.82. The molecule has 0 spiro atoms. The highest BCUT2D eigenvalue weighted by molar-refractivity contribution is 6.37. The minimum absolute atomic E-state index is 0.239. The minimum Gasteiger partial charge on any atom is -0.322 e. The van der Waals surface area contributed by atoms with Crippen LogP contribution in [0, 0.1) is 0 Å². The highest BCUT2D eigenvalue weighted by Gasteiger charge is 2.15. The zero-order valence-corrected chi connectivity index (χ0v) is 16.7. The van der Waals surface area contributed by atoms with Crippen LogP contribution < -0.4 is 5.32 Å². The molecule has 3 aromatic rings. The van der Waals surface area contributed by atoms with Gasteiger partial charge in [0.05, 0.1) is 5.69 Å². The Labute approximate surface area is 177 Å². The fraction of sp³-hybridized carbons (Fsp3) is 0. The normalized spacial score (nSPS) is 10.8. The van der Waals surface area contributed by atoms with Crippen LogP contribution in [0.1, 0.15) is 21.5 Å². The molecule has 0 radical (unpaired) electrons. The van der Waals surface area contributed by atoms with Gasteiger partial charge in [0.2, 0.25) is 5.91 Å². The average molecular weight is 431 g/mol. The summed E-state index contributed by atoms with van der Waals surface area (Å²) in [7, 11) is 0. The van der Waals surface area contributed by atoms with Gasteiger partial charge in [-0.1, -0.05) is 71.2 Å². The van der Waals surface area contributed by atoms with Crippen LogP contribution in [0.2, 0.25) is 15.1 Å². The van der Waals surface area contributed by atoms with Gasteiger partial charge in [0.25, 0.3) is 0 Å². The number of benzene rings is 3. The molecule has 3 rings (SSSR count). The van der Waals surface area contributed by atoms with Gasteiger partial charge >= 0.3 is 0 Å². The molecular weight excluding hydrogens is 417 g/mol. The zero-order chi connectivity index (χ0) is 20.1. The van der Waals surface area contributed by atoms with Crippen LogP contribution >= 0.6 is 34.8 Å². The maximum Gasteiger partial charge on any atom is 0.248 e. The number of hydrogen-bond acceptors (Lipinski definition) is 2. The van der Waals surface area contributed by atoms with E-state index in [1.807, 2.05) is 6.07 Å². The number of hydrogen-bond donors (Lipinski definition) is 1. The lowest BCUT2D eigenvalue weighted by molar-refractivity contribution is -0.111. The number of rotatable bonds is 5. The van der Waals surface area contributed by atoms with E-state index >= 15 is 0 Å². The van der Waals surface area contributed by atoms with Crippen molar-refractivity contribution in [3.8, 4) is 0 Å². The van der Waals surface area contributed by atoms with Gasteiger partial charge < -0.3 is 5.32 Å². The summed E-state index contributed by atoms with van der Waals surface area (Å²) in [5.41, 5.74) is 1.70. The highest BCUT2D eigenvalue weighted by atomic mass is 35.5. The van der Waals surface area contributed by atoms with Gasteiger partial charge in [-0.15, -0.1) is 0 Å². The summed E-state index contributed by atoms with van der Waals surface area (Å²) < 4.78 is 0. The lowest BCUT2D eigenvalue weighted by Crippen LogP contribution is -2.12. The maximum absolute atomic E-state index is 12.8. The lowest BCUT2D eigenvalue weighted by atomic mass is 10.0. The van der Waals surface area contributed by atoms with Gasteiger partial charge in [0, 0.05) is 37.8 Å². The van der Waals surface area contributed by atoms with Crippen molar-refractivity contribution in [1.82, 2.24) is 0 Å². The fourth-order valence-electron chi connectivity index (χ4n) is 2.56. The van der Waals surface area contributed by atoms with Crippen LogP contribution in [0.25, 0.3) is 6.08 Å². The second kappa shape index (κ2) is 9.07. The van der Waals surface area contributed by atoms with E-state index in [0.29, 0.717) is 37.4 Å². The Hall–Kier alpha value is -2.59. The van der Waals surface area contributed by atoms with Crippen LogP contribution in [0.5, 0.6) is 0 Å². The third-order valence-electron chi connectivity index (χ3n) is 3.92. The summed E-state index contributed by atoms with van der Waals surface area (Å²) in [5.74, 6) is -0.669. The van der Waals surface area contributed by atoms with Gasteiger partial charge in [-0.3, -0.25) is 9.59 Å². The molecule has 3 nitrogen and oxygen atoms in total. The largest absolute Gasteiger partial charge is 0.322 e. The van der Waals surface area contributed by atoms with E-state index in [1.165, 1.54) is 18.2 Å². The summed E-state index contributed by atoms with van der Waals surface area (Å²) in [6.45, 7) is 0. The second-order valence-electron chi connectivity index (χ2n) is 5.84. The standard InChI is InChI=1S/C22H14Cl3NO2/c23-15-9-11-20(17(13-15)22(28)14-5-2-1-3-6-14)26-21(27)12-10-16-18(24)7-4-8-19(16)25/h1-13H,(H,26,27). The highest BCUT2D eigenvalue weighted by Crippen LogP contribution is 2.26. The Bertz CT molecular complexity index is 1040. The van der Waals surface area contributed by atoms with Gasteiger partial charge in [-0.05, 0) is 36.4 Å². The smallest absolute Gasteiger partial charge is 0.248 e. The Kier molecular flexibility index (Phi) is 6.53. The Morgan fingerprint density at radius 3 is 2.18 bits per heavy atom. The van der Waals surface area contributed by atoms with Crippen molar-refractivity contribution in [3.63, 3.8) is 0 Å². The molecule has 0 heterocycles. The van der Waals surface area contributed by atoms with Crippen molar-refractivity contribution >= 4 is 58.3 Å². The average Bonchev–Trinajstić information content (AvgIpc) is 2.69. The third-order valence-corrected chi connectivity index (χ3v) is 4.82. The molecule has 28 heavy (non-hydrogen) atoms. The molecule has 0 unspecified atom stereocenters. The Morgan fingerprint density at radius 2 is 1.50 bits per heavy atom. The summed E-state index contributed by atoms with van der Waals surface area (Å²) in [4.78, 5) is 25.2. The monoisotopic (exact) mass is 429 g/mol. The van der Waals surface area contributed by atoms with Crippen molar-refractivity contribution in [2.45, 2.75) is 0 Å². The number of halogens is 3. The van der Waals surface area contributed by atoms with Crippen LogP contribution in [-0.2, 0) is 4.79 Å². The second-order valence-corrected chi connectivity index (χ2v) is 7.09. The molecule has 1 N–H and O–H groups in total. The SMILES string of the molecule is O=C(C=Cc1c(Cl)cccc1Cl)Nc1ccc(Cl)cc1C(=O)c1ccccc1. The zero-order valence-electron chi connectivity index (χ0n) is 14.5. The first-order valence-electron chi connectivity index (χ1n) is 8.28. The van der Waals surface area contributed by atoms with E-state index in [1.54, 1.807) is 54.6 Å². The number of carbonyl (C=O) groups is 2. The van der Waals surface area contributed by atoms with Crippen molar-refractivity contribution in [1.29, 1.82) is 0 Å². The molecule has 0 aliphatic carbocycles. The molecule has 0 aromatic heterocycles. The van der Waals surface area contributed by atoms with E-state index in [9.17, 15) is 9.59 Å². The van der Waals surface area contributed by atoms with E-state index in [-0.39, 0.29) is 5.78 Å². The topological polar surface area (TPSA) is 46.2 Å². The molecule has 0 bridgehead atoms. The minimum atomic E-state index is -0.430. The molecule has 6 heteroatoms. The summed E-state index contributed by atoms with van der Waals surface area (Å²) in [6.07, 6.45) is 2.83. The number of anilines is 1. The number of carbonyl (C=O) groups excluding carboxylic acids is 2. The van der Waals surface area contributed by atoms with Gasteiger partial charge in [-0.25, -0.2) is 0 Å². The lowest BCUT2D eigenvalue weighted by Gasteiger charge is -2.10. The van der Waals surface area contributed by atoms with Crippen LogP contribution in [0.3, 0.4) is 0 Å². The van der Waals surface area contributed by atoms with Gasteiger partial charge in [0.1, 0.15) is 0 Å². The fourth-order valence-corrected chi connectivity index (χ4v) is 3.26. The van der Waals surface area contributed by atoms with Crippen molar-refractivity contribution in [2.24, 2.45) is 0 Å². The van der Waals surface area contributed by atoms with E-state index in [4.69, 9.17) is 34.8 Å². The van der Waals surface area contributed by atoms with Crippen molar-refractivity contribution < 1.29 is 9.59 Å². The Balaban J connectivity index is 1.85. The number of ketones is 1. The predicted molar refractivity (Wildman–Crippen MR) is 115 cm³/mol. The molecule has 140 valence electrons. The molecule has 0 aliphatic heterocycles. The van der Waals surface area contributed by atoms with Crippen LogP contribution in [-0.4, -0.2) is 11.7 Å². The quantitative estimate of drug-likeness (QED) is 0.369. The summed E-state index contributed by atoms with van der Waals surface area (Å²) in [6, 6.07) is 18.6. The summed E-state index contributed by atoms with van der Waals surface area (Å²) in [5, 5.41) is 3.97. The molecule has 0 atom stereocenters. The predicted octanol–water partition coefficient (Wildman–Crippen LogP) is 6.53. The molecule has 0 fully saturated rings. The number of nitrogens with one attached hydrogen (secondary N) is 1. The van der Waals surface area contributed by atoms with E-state index in [0.717, 1.165) is 0 Å². The molecular formula is C22H14Cl3NO2. The molecule has 1 amide bonds. The summed E-state index contributed by atoms with van der Waals surface area (Å²) >= 11 is 18.2. The van der Waals surface area contributed by atoms with Gasteiger partial charge in [0.15, 0.2) is 5.78 Å². The van der Waals surface area contributed by atoms with Gasteiger partial charge in [-0.2, -0.15) is 0 Å². The Morgan fingerprint density at radius 1 is 0.821 bits per heavy atom. The van der Waals surface area contributed by atoms with E-state index < -0.39 is 5.91 Å². The maximum atomic E-state index is 12.8. The van der Waals surface area contributed by atoms with Crippen molar-refractivity contribution in [2.75, 3.05) is 5.32 Å². The molecule has 0 aliphatic rings. The molecule has 0 saturated carbocycles. The molecule has 0 saturated heterocycles. The van der Waals surface area contributed by atoms with Crippen LogP contribution in [0.15, 0.2) is 72.8 Å². The van der Waals surface area contributed by atoms with Crippen LogP contribution in [0.4, 0.5) is 5.69 Å². The number of amides is 1. The van der Waals surface area contributed by atoms with Crippen molar-refractivity contribution in [3.05, 3.63) is 105 Å². The van der Waals surface area contributed by atoms with E-state index in [2.05, 4.69) is 5.32 Å². The first-order valence-corrected chi connectivity index (χ1v) is 9.41.